The van der Waals surface area contributed by atoms with Crippen molar-refractivity contribution < 1.29 is 12.8 Å². The maximum absolute atomic E-state index is 12.8. The van der Waals surface area contributed by atoms with E-state index in [0.29, 0.717) is 11.4 Å². The predicted molar refractivity (Wildman–Crippen MR) is 62.7 cm³/mol. The molecule has 0 bridgehead atoms. The van der Waals surface area contributed by atoms with Gasteiger partial charge in [-0.1, -0.05) is 0 Å². The van der Waals surface area contributed by atoms with Crippen LogP contribution in [-0.2, 0) is 21.3 Å². The van der Waals surface area contributed by atoms with Crippen LogP contribution in [0.3, 0.4) is 0 Å². The summed E-state index contributed by atoms with van der Waals surface area (Å²) in [5.74, 6) is -0.772. The van der Waals surface area contributed by atoms with Crippen LogP contribution in [0.1, 0.15) is 11.3 Å². The third-order valence-corrected chi connectivity index (χ3v) is 4.34. The molecule has 1 aromatic carbocycles. The van der Waals surface area contributed by atoms with Crippen molar-refractivity contribution in [3.8, 4) is 5.69 Å². The van der Waals surface area contributed by atoms with E-state index in [9.17, 15) is 17.6 Å². The Labute approximate surface area is 102 Å². The number of rotatable bonds is 1. The molecule has 0 amide bonds. The average Bonchev–Trinajstić information content (AvgIpc) is 2.75. The molecule has 7 heteroatoms. The Balaban J connectivity index is 2.13. The van der Waals surface area contributed by atoms with E-state index in [1.807, 2.05) is 0 Å². The molecule has 0 fully saturated rings. The first kappa shape index (κ1) is 11.2. The van der Waals surface area contributed by atoms with Gasteiger partial charge in [0.15, 0.2) is 9.84 Å². The maximum atomic E-state index is 12.8. The number of aromatic nitrogens is 2. The molecule has 0 saturated heterocycles. The van der Waals surface area contributed by atoms with Crippen LogP contribution in [0.15, 0.2) is 29.1 Å². The summed E-state index contributed by atoms with van der Waals surface area (Å²) in [6.45, 7) is 0. The van der Waals surface area contributed by atoms with Crippen LogP contribution in [0.4, 0.5) is 4.39 Å². The highest BCUT2D eigenvalue weighted by molar-refractivity contribution is 7.90. The van der Waals surface area contributed by atoms with Gasteiger partial charge in [-0.25, -0.2) is 17.5 Å². The number of hydrogen-bond donors (Lipinski definition) is 1. The minimum Gasteiger partial charge on any atom is -0.294 e. The molecule has 0 spiro atoms. The molecule has 5 nitrogen and oxygen atoms in total. The molecule has 0 aliphatic carbocycles. The zero-order valence-corrected chi connectivity index (χ0v) is 10.00. The number of fused-ring (bicyclic) bond motifs is 1. The van der Waals surface area contributed by atoms with Gasteiger partial charge in [0.25, 0.3) is 5.56 Å². The van der Waals surface area contributed by atoms with Crippen molar-refractivity contribution in [1.29, 1.82) is 0 Å². The molecule has 1 aliphatic heterocycles. The van der Waals surface area contributed by atoms with Gasteiger partial charge in [0.2, 0.25) is 0 Å². The standard InChI is InChI=1S/C11H9FN2O3S/c12-7-1-3-8(4-2-7)14-11(15)9-5-18(16,17)6-10(9)13-14/h1-4,13H,5-6H2. The Kier molecular flexibility index (Phi) is 2.21. The van der Waals surface area contributed by atoms with Crippen LogP contribution in [0.5, 0.6) is 0 Å². The first-order chi connectivity index (χ1) is 8.46. The lowest BCUT2D eigenvalue weighted by Gasteiger charge is -2.01. The van der Waals surface area contributed by atoms with Crippen molar-refractivity contribution in [3.05, 3.63) is 51.7 Å². The summed E-state index contributed by atoms with van der Waals surface area (Å²) in [5, 5.41) is 2.76. The number of sulfone groups is 1. The maximum Gasteiger partial charge on any atom is 0.275 e. The summed E-state index contributed by atoms with van der Waals surface area (Å²) in [5.41, 5.74) is 0.787. The molecule has 3 rings (SSSR count). The van der Waals surface area contributed by atoms with E-state index in [0.717, 1.165) is 0 Å². The highest BCUT2D eigenvalue weighted by Gasteiger charge is 2.30. The molecule has 1 N–H and O–H groups in total. The van der Waals surface area contributed by atoms with E-state index in [1.165, 1.54) is 28.9 Å². The average molecular weight is 268 g/mol. The Morgan fingerprint density at radius 2 is 1.83 bits per heavy atom. The summed E-state index contributed by atoms with van der Waals surface area (Å²) >= 11 is 0. The quantitative estimate of drug-likeness (QED) is 0.829. The monoisotopic (exact) mass is 268 g/mol. The second-order valence-corrected chi connectivity index (χ2v) is 6.28. The number of halogens is 1. The minimum atomic E-state index is -3.19. The van der Waals surface area contributed by atoms with Crippen LogP contribution in [0, 0.1) is 5.82 Å². The lowest BCUT2D eigenvalue weighted by Crippen LogP contribution is -2.18. The molecule has 1 aliphatic rings. The van der Waals surface area contributed by atoms with Crippen molar-refractivity contribution in [2.45, 2.75) is 11.5 Å². The van der Waals surface area contributed by atoms with Crippen molar-refractivity contribution in [2.24, 2.45) is 0 Å². The van der Waals surface area contributed by atoms with E-state index in [2.05, 4.69) is 5.10 Å². The van der Waals surface area contributed by atoms with Crippen LogP contribution >= 0.6 is 0 Å². The SMILES string of the molecule is O=c1c2c([nH]n1-c1ccc(F)cc1)CS(=O)(=O)C2. The van der Waals surface area contributed by atoms with Crippen LogP contribution in [0.25, 0.3) is 5.69 Å². The molecule has 94 valence electrons. The summed E-state index contributed by atoms with van der Waals surface area (Å²) in [6, 6.07) is 5.39. The fourth-order valence-corrected chi connectivity index (χ4v) is 3.57. The van der Waals surface area contributed by atoms with E-state index in [-0.39, 0.29) is 17.1 Å². The molecule has 1 aromatic heterocycles. The second kappa shape index (κ2) is 3.55. The number of benzene rings is 1. The molecule has 18 heavy (non-hydrogen) atoms. The van der Waals surface area contributed by atoms with Gasteiger partial charge in [-0.3, -0.25) is 9.89 Å². The lowest BCUT2D eigenvalue weighted by molar-refractivity contribution is 0.596. The molecular weight excluding hydrogens is 259 g/mol. The first-order valence-corrected chi connectivity index (χ1v) is 7.07. The Bertz CT molecular complexity index is 772. The fourth-order valence-electron chi connectivity index (χ4n) is 2.05. The van der Waals surface area contributed by atoms with E-state index in [4.69, 9.17) is 0 Å². The van der Waals surface area contributed by atoms with Crippen LogP contribution < -0.4 is 5.56 Å². The Hall–Kier alpha value is -1.89. The van der Waals surface area contributed by atoms with Crippen LogP contribution in [0.2, 0.25) is 0 Å². The third-order valence-electron chi connectivity index (χ3n) is 2.89. The third kappa shape index (κ3) is 1.67. The van der Waals surface area contributed by atoms with Gasteiger partial charge in [-0.2, -0.15) is 0 Å². The summed E-state index contributed by atoms with van der Waals surface area (Å²) < 4.78 is 36.8. The van der Waals surface area contributed by atoms with Crippen molar-refractivity contribution >= 4 is 9.84 Å². The molecule has 0 atom stereocenters. The van der Waals surface area contributed by atoms with Gasteiger partial charge < -0.3 is 0 Å². The van der Waals surface area contributed by atoms with E-state index < -0.39 is 21.2 Å². The van der Waals surface area contributed by atoms with Crippen molar-refractivity contribution in [1.82, 2.24) is 9.78 Å². The smallest absolute Gasteiger partial charge is 0.275 e. The van der Waals surface area contributed by atoms with Crippen LogP contribution in [-0.4, -0.2) is 18.2 Å². The van der Waals surface area contributed by atoms with Gasteiger partial charge in [0, 0.05) is 0 Å². The van der Waals surface area contributed by atoms with Gasteiger partial charge >= 0.3 is 0 Å². The van der Waals surface area contributed by atoms with Gasteiger partial charge in [-0.05, 0) is 24.3 Å². The van der Waals surface area contributed by atoms with Gasteiger partial charge in [0.05, 0.1) is 28.5 Å². The summed E-state index contributed by atoms with van der Waals surface area (Å²) in [7, 11) is -3.19. The predicted octanol–water partition coefficient (Wildman–Crippen LogP) is 0.733. The van der Waals surface area contributed by atoms with Crippen molar-refractivity contribution in [3.63, 3.8) is 0 Å². The Morgan fingerprint density at radius 1 is 1.17 bits per heavy atom. The van der Waals surface area contributed by atoms with Crippen molar-refractivity contribution in [2.75, 3.05) is 0 Å². The number of hydrogen-bond acceptors (Lipinski definition) is 3. The number of H-pyrrole nitrogens is 1. The summed E-state index contributed by atoms with van der Waals surface area (Å²) in [4.78, 5) is 12.0. The normalized spacial score (nSPS) is 16.7. The largest absolute Gasteiger partial charge is 0.294 e. The zero-order chi connectivity index (χ0) is 12.9. The zero-order valence-electron chi connectivity index (χ0n) is 9.18. The van der Waals surface area contributed by atoms with Gasteiger partial charge in [0.1, 0.15) is 5.82 Å². The summed E-state index contributed by atoms with van der Waals surface area (Å²) in [6.07, 6.45) is 0. The molecule has 2 heterocycles. The molecule has 2 aromatic rings. The molecule has 0 saturated carbocycles. The highest BCUT2D eigenvalue weighted by atomic mass is 32.2. The number of aromatic amines is 1. The molecule has 0 radical (unpaired) electrons. The topological polar surface area (TPSA) is 71.9 Å². The lowest BCUT2D eigenvalue weighted by atomic mass is 10.3. The molecular formula is C11H9FN2O3S. The van der Waals surface area contributed by atoms with E-state index in [1.54, 1.807) is 0 Å². The number of nitrogens with one attached hydrogen (secondary N) is 1. The molecule has 0 unspecified atom stereocenters. The minimum absolute atomic E-state index is 0.147. The first-order valence-electron chi connectivity index (χ1n) is 5.25. The van der Waals surface area contributed by atoms with E-state index >= 15 is 0 Å². The van der Waals surface area contributed by atoms with Gasteiger partial charge in [-0.15, -0.1) is 0 Å². The highest BCUT2D eigenvalue weighted by Crippen LogP contribution is 2.21. The second-order valence-electron chi connectivity index (χ2n) is 4.22. The Morgan fingerprint density at radius 3 is 2.44 bits per heavy atom. The number of nitrogens with zero attached hydrogens (tertiary/aromatic N) is 1. The fraction of sp³-hybridized carbons (Fsp3) is 0.182.